The molecule has 20 heavy (non-hydrogen) atoms. The van der Waals surface area contributed by atoms with E-state index in [4.69, 9.17) is 5.73 Å². The summed E-state index contributed by atoms with van der Waals surface area (Å²) in [5.41, 5.74) is 7.26. The van der Waals surface area contributed by atoms with Crippen LogP contribution in [0.5, 0.6) is 0 Å². The molecule has 1 fully saturated rings. The fourth-order valence-electron chi connectivity index (χ4n) is 2.32. The SMILES string of the molecule is Cc1ccc(CN)cc1S(=O)(=O)N(CC1CC1)C(C)C. The highest BCUT2D eigenvalue weighted by Crippen LogP contribution is 2.33. The van der Waals surface area contributed by atoms with E-state index in [1.807, 2.05) is 32.9 Å². The highest BCUT2D eigenvalue weighted by Gasteiger charge is 2.34. The van der Waals surface area contributed by atoms with Crippen LogP contribution in [-0.2, 0) is 16.6 Å². The van der Waals surface area contributed by atoms with Gasteiger partial charge in [0.15, 0.2) is 0 Å². The molecule has 0 aromatic heterocycles. The predicted molar refractivity (Wildman–Crippen MR) is 80.8 cm³/mol. The van der Waals surface area contributed by atoms with Gasteiger partial charge in [0.2, 0.25) is 10.0 Å². The summed E-state index contributed by atoms with van der Waals surface area (Å²) in [5, 5.41) is 0. The lowest BCUT2D eigenvalue weighted by molar-refractivity contribution is 0.341. The molecule has 0 saturated heterocycles. The Labute approximate surface area is 122 Å². The van der Waals surface area contributed by atoms with Crippen molar-refractivity contribution in [3.63, 3.8) is 0 Å². The number of benzene rings is 1. The zero-order chi connectivity index (χ0) is 14.9. The second-order valence-electron chi connectivity index (χ2n) is 5.92. The van der Waals surface area contributed by atoms with Crippen LogP contribution in [0.2, 0.25) is 0 Å². The van der Waals surface area contributed by atoms with Gasteiger partial charge in [-0.3, -0.25) is 0 Å². The zero-order valence-electron chi connectivity index (χ0n) is 12.5. The summed E-state index contributed by atoms with van der Waals surface area (Å²) < 4.78 is 27.5. The Morgan fingerprint density at radius 2 is 2.00 bits per heavy atom. The summed E-state index contributed by atoms with van der Waals surface area (Å²) in [6.07, 6.45) is 2.28. The van der Waals surface area contributed by atoms with E-state index in [0.29, 0.717) is 23.9 Å². The summed E-state index contributed by atoms with van der Waals surface area (Å²) in [4.78, 5) is 0.398. The van der Waals surface area contributed by atoms with Gasteiger partial charge in [0.1, 0.15) is 0 Å². The van der Waals surface area contributed by atoms with Crippen LogP contribution in [0.25, 0.3) is 0 Å². The first kappa shape index (κ1) is 15.5. The van der Waals surface area contributed by atoms with Gasteiger partial charge in [0, 0.05) is 19.1 Å². The van der Waals surface area contributed by atoms with Crippen LogP contribution in [0.4, 0.5) is 0 Å². The monoisotopic (exact) mass is 296 g/mol. The van der Waals surface area contributed by atoms with E-state index in [1.54, 1.807) is 10.4 Å². The van der Waals surface area contributed by atoms with E-state index in [0.717, 1.165) is 24.0 Å². The van der Waals surface area contributed by atoms with Gasteiger partial charge in [-0.05, 0) is 56.7 Å². The van der Waals surface area contributed by atoms with Crippen molar-refractivity contribution in [1.82, 2.24) is 4.31 Å². The Kier molecular flexibility index (Phi) is 4.52. The number of nitrogens with two attached hydrogens (primary N) is 1. The van der Waals surface area contributed by atoms with Crippen molar-refractivity contribution in [2.24, 2.45) is 11.7 Å². The molecule has 5 heteroatoms. The second kappa shape index (κ2) is 5.84. The predicted octanol–water partition coefficient (Wildman–Crippen LogP) is 2.26. The number of nitrogens with zero attached hydrogens (tertiary/aromatic N) is 1. The Morgan fingerprint density at radius 1 is 1.35 bits per heavy atom. The molecule has 0 radical (unpaired) electrons. The van der Waals surface area contributed by atoms with Crippen LogP contribution in [-0.4, -0.2) is 25.3 Å². The Balaban J connectivity index is 2.40. The third kappa shape index (κ3) is 3.22. The molecule has 1 saturated carbocycles. The standard InChI is InChI=1S/C15H24N2O2S/c1-11(2)17(10-13-6-7-13)20(18,19)15-8-14(9-16)5-4-12(15)3/h4-5,8,11,13H,6-7,9-10,16H2,1-3H3. The van der Waals surface area contributed by atoms with E-state index in [1.165, 1.54) is 0 Å². The number of rotatable bonds is 6. The van der Waals surface area contributed by atoms with Gasteiger partial charge < -0.3 is 5.73 Å². The summed E-state index contributed by atoms with van der Waals surface area (Å²) in [6.45, 7) is 6.69. The molecule has 1 aliphatic rings. The van der Waals surface area contributed by atoms with Crippen LogP contribution in [0, 0.1) is 12.8 Å². The highest BCUT2D eigenvalue weighted by molar-refractivity contribution is 7.89. The van der Waals surface area contributed by atoms with Gasteiger partial charge in [-0.1, -0.05) is 12.1 Å². The highest BCUT2D eigenvalue weighted by atomic mass is 32.2. The van der Waals surface area contributed by atoms with Crippen LogP contribution in [0.1, 0.15) is 37.8 Å². The molecule has 1 aromatic rings. The van der Waals surface area contributed by atoms with E-state index in [9.17, 15) is 8.42 Å². The number of hydrogen-bond acceptors (Lipinski definition) is 3. The molecule has 0 aliphatic heterocycles. The zero-order valence-corrected chi connectivity index (χ0v) is 13.3. The topological polar surface area (TPSA) is 63.4 Å². The van der Waals surface area contributed by atoms with E-state index in [2.05, 4.69) is 0 Å². The van der Waals surface area contributed by atoms with E-state index < -0.39 is 10.0 Å². The number of hydrogen-bond donors (Lipinski definition) is 1. The second-order valence-corrected chi connectivity index (χ2v) is 7.77. The van der Waals surface area contributed by atoms with E-state index in [-0.39, 0.29) is 6.04 Å². The average molecular weight is 296 g/mol. The lowest BCUT2D eigenvalue weighted by Gasteiger charge is -2.27. The van der Waals surface area contributed by atoms with Crippen molar-refractivity contribution >= 4 is 10.0 Å². The average Bonchev–Trinajstić information content (AvgIpc) is 3.19. The smallest absolute Gasteiger partial charge is 0.243 e. The van der Waals surface area contributed by atoms with Gasteiger partial charge in [0.25, 0.3) is 0 Å². The Bertz CT molecular complexity index is 578. The quantitative estimate of drug-likeness (QED) is 0.876. The molecule has 1 aromatic carbocycles. The lowest BCUT2D eigenvalue weighted by Crippen LogP contribution is -2.38. The molecule has 0 unspecified atom stereocenters. The number of sulfonamides is 1. The maximum atomic E-state index is 12.9. The first-order chi connectivity index (χ1) is 9.36. The normalized spacial score (nSPS) is 16.1. The maximum Gasteiger partial charge on any atom is 0.243 e. The van der Waals surface area contributed by atoms with Gasteiger partial charge in [-0.15, -0.1) is 0 Å². The van der Waals surface area contributed by atoms with Crippen molar-refractivity contribution in [3.8, 4) is 0 Å². The molecule has 112 valence electrons. The Hall–Kier alpha value is -0.910. The molecule has 0 amide bonds. The third-order valence-corrected chi connectivity index (χ3v) is 5.97. The van der Waals surface area contributed by atoms with E-state index >= 15 is 0 Å². The molecule has 0 atom stereocenters. The van der Waals surface area contributed by atoms with Crippen molar-refractivity contribution in [2.45, 2.75) is 51.1 Å². The molecular weight excluding hydrogens is 272 g/mol. The molecule has 0 spiro atoms. The Morgan fingerprint density at radius 3 is 2.50 bits per heavy atom. The molecule has 0 bridgehead atoms. The molecular formula is C15H24N2O2S. The lowest BCUT2D eigenvalue weighted by atomic mass is 10.1. The summed E-state index contributed by atoms with van der Waals surface area (Å²) >= 11 is 0. The molecule has 2 N–H and O–H groups in total. The van der Waals surface area contributed by atoms with Crippen LogP contribution in [0.15, 0.2) is 23.1 Å². The minimum atomic E-state index is -3.44. The van der Waals surface area contributed by atoms with Crippen molar-refractivity contribution in [2.75, 3.05) is 6.54 Å². The summed E-state index contributed by atoms with van der Waals surface area (Å²) in [6, 6.07) is 5.41. The summed E-state index contributed by atoms with van der Waals surface area (Å²) in [7, 11) is -3.44. The van der Waals surface area contributed by atoms with Crippen molar-refractivity contribution in [3.05, 3.63) is 29.3 Å². The summed E-state index contributed by atoms with van der Waals surface area (Å²) in [5.74, 6) is 0.533. The third-order valence-electron chi connectivity index (χ3n) is 3.79. The van der Waals surface area contributed by atoms with Gasteiger partial charge in [-0.25, -0.2) is 8.42 Å². The molecule has 0 heterocycles. The van der Waals surface area contributed by atoms with Gasteiger partial charge in [-0.2, -0.15) is 4.31 Å². The maximum absolute atomic E-state index is 12.9. The minimum absolute atomic E-state index is 0.0264. The van der Waals surface area contributed by atoms with Crippen LogP contribution < -0.4 is 5.73 Å². The fourth-order valence-corrected chi connectivity index (χ4v) is 4.31. The first-order valence-electron chi connectivity index (χ1n) is 7.17. The molecule has 2 rings (SSSR count). The van der Waals surface area contributed by atoms with Crippen LogP contribution >= 0.6 is 0 Å². The van der Waals surface area contributed by atoms with Crippen LogP contribution in [0.3, 0.4) is 0 Å². The van der Waals surface area contributed by atoms with Gasteiger partial charge in [0.05, 0.1) is 4.90 Å². The minimum Gasteiger partial charge on any atom is -0.326 e. The largest absolute Gasteiger partial charge is 0.326 e. The molecule has 4 nitrogen and oxygen atoms in total. The number of aryl methyl sites for hydroxylation is 1. The van der Waals surface area contributed by atoms with Crippen molar-refractivity contribution in [1.29, 1.82) is 0 Å². The molecule has 1 aliphatic carbocycles. The fraction of sp³-hybridized carbons (Fsp3) is 0.600. The first-order valence-corrected chi connectivity index (χ1v) is 8.61. The van der Waals surface area contributed by atoms with Gasteiger partial charge >= 0.3 is 0 Å². The van der Waals surface area contributed by atoms with Crippen molar-refractivity contribution < 1.29 is 8.42 Å².